The molecular formula is C19H33N4OS+. The normalized spacial score (nSPS) is 25.6. The van der Waals surface area contributed by atoms with Crippen LogP contribution in [0.3, 0.4) is 0 Å². The summed E-state index contributed by atoms with van der Waals surface area (Å²) in [4.78, 5) is 4.05. The molecule has 6 heteroatoms. The van der Waals surface area contributed by atoms with Crippen molar-refractivity contribution in [1.82, 2.24) is 14.8 Å². The molecule has 0 radical (unpaired) electrons. The first-order valence-electron chi connectivity index (χ1n) is 9.72. The molecule has 1 aromatic rings. The lowest BCUT2D eigenvalue weighted by Crippen LogP contribution is -3.14. The fraction of sp³-hybridized carbons (Fsp3) is 0.737. The van der Waals surface area contributed by atoms with E-state index in [0.717, 1.165) is 57.0 Å². The molecule has 3 heterocycles. The number of quaternary nitrogens is 1. The highest BCUT2D eigenvalue weighted by atomic mass is 32.1. The average molecular weight is 366 g/mol. The molecule has 140 valence electrons. The molecule has 5 nitrogen and oxygen atoms in total. The molecule has 0 bridgehead atoms. The van der Waals surface area contributed by atoms with Gasteiger partial charge in [-0.3, -0.25) is 0 Å². The summed E-state index contributed by atoms with van der Waals surface area (Å²) in [5, 5.41) is 4.46. The molecule has 0 unspecified atom stereocenters. The van der Waals surface area contributed by atoms with Gasteiger partial charge >= 0.3 is 0 Å². The minimum absolute atomic E-state index is 0.390. The largest absolute Gasteiger partial charge is 0.370 e. The Balaban J connectivity index is 1.59. The van der Waals surface area contributed by atoms with Crippen LogP contribution < -0.4 is 10.2 Å². The fourth-order valence-electron chi connectivity index (χ4n) is 3.99. The van der Waals surface area contributed by atoms with Crippen molar-refractivity contribution in [3.63, 3.8) is 0 Å². The quantitative estimate of drug-likeness (QED) is 0.780. The standard InChI is InChI=1S/C19H32N4OS/c1-16-5-6-18(17-4-3-9-21(17)2)23(10-7-16)19(25)20-8-11-22-12-14-24-15-13-22/h3-4,9,16,18H,5-8,10-15H2,1-2H3,(H,20,25)/p+1/t16-,18-/m1/s1. The molecule has 2 aliphatic rings. The van der Waals surface area contributed by atoms with E-state index in [9.17, 15) is 0 Å². The van der Waals surface area contributed by atoms with Crippen LogP contribution in [0.15, 0.2) is 18.3 Å². The van der Waals surface area contributed by atoms with Crippen LogP contribution >= 0.6 is 12.2 Å². The topological polar surface area (TPSA) is 33.9 Å². The number of aromatic nitrogens is 1. The monoisotopic (exact) mass is 365 g/mol. The zero-order chi connectivity index (χ0) is 17.6. The first-order valence-corrected chi connectivity index (χ1v) is 10.1. The van der Waals surface area contributed by atoms with Crippen LogP contribution in [-0.2, 0) is 11.8 Å². The number of rotatable bonds is 4. The lowest BCUT2D eigenvalue weighted by atomic mass is 10.0. The molecule has 2 N–H and O–H groups in total. The molecule has 0 aliphatic carbocycles. The van der Waals surface area contributed by atoms with E-state index in [1.54, 1.807) is 4.90 Å². The maximum absolute atomic E-state index is 5.81. The Labute approximate surface area is 157 Å². The van der Waals surface area contributed by atoms with E-state index in [1.165, 1.54) is 25.0 Å². The van der Waals surface area contributed by atoms with Crippen molar-refractivity contribution in [2.45, 2.75) is 32.2 Å². The number of nitrogens with zero attached hydrogens (tertiary/aromatic N) is 2. The molecule has 0 aromatic carbocycles. The van der Waals surface area contributed by atoms with Gasteiger partial charge in [-0.2, -0.15) is 0 Å². The second kappa shape index (κ2) is 9.01. The summed E-state index contributed by atoms with van der Waals surface area (Å²) in [6.45, 7) is 9.47. The summed E-state index contributed by atoms with van der Waals surface area (Å²) in [6.07, 6.45) is 5.81. The molecule has 2 atom stereocenters. The molecule has 0 saturated carbocycles. The van der Waals surface area contributed by atoms with Crippen molar-refractivity contribution < 1.29 is 9.64 Å². The zero-order valence-corrected chi connectivity index (χ0v) is 16.5. The van der Waals surface area contributed by atoms with E-state index in [4.69, 9.17) is 17.0 Å². The molecule has 2 aliphatic heterocycles. The molecule has 3 rings (SSSR count). The Morgan fingerprint density at radius 1 is 1.32 bits per heavy atom. The highest BCUT2D eigenvalue weighted by Gasteiger charge is 2.28. The van der Waals surface area contributed by atoms with Crippen LogP contribution in [-0.4, -0.2) is 60.5 Å². The van der Waals surface area contributed by atoms with Crippen molar-refractivity contribution in [2.75, 3.05) is 45.9 Å². The summed E-state index contributed by atoms with van der Waals surface area (Å²) in [7, 11) is 2.14. The van der Waals surface area contributed by atoms with Gasteiger partial charge in [0, 0.05) is 25.5 Å². The third-order valence-corrected chi connectivity index (χ3v) is 6.09. The van der Waals surface area contributed by atoms with E-state index in [2.05, 4.69) is 47.1 Å². The number of likely N-dealkylation sites (tertiary alicyclic amines) is 1. The number of aryl methyl sites for hydroxylation is 1. The highest BCUT2D eigenvalue weighted by molar-refractivity contribution is 7.80. The Hall–Kier alpha value is -1.11. The molecule has 0 spiro atoms. The Morgan fingerprint density at radius 3 is 2.84 bits per heavy atom. The van der Waals surface area contributed by atoms with Gasteiger partial charge in [-0.15, -0.1) is 0 Å². The predicted molar refractivity (Wildman–Crippen MR) is 105 cm³/mol. The van der Waals surface area contributed by atoms with Crippen LogP contribution in [0.4, 0.5) is 0 Å². The first-order chi connectivity index (χ1) is 12.1. The van der Waals surface area contributed by atoms with Crippen LogP contribution in [0.25, 0.3) is 0 Å². The minimum Gasteiger partial charge on any atom is -0.370 e. The number of nitrogens with one attached hydrogen (secondary N) is 2. The van der Waals surface area contributed by atoms with E-state index in [-0.39, 0.29) is 0 Å². The van der Waals surface area contributed by atoms with Crippen molar-refractivity contribution in [3.05, 3.63) is 24.0 Å². The van der Waals surface area contributed by atoms with Gasteiger partial charge in [0.15, 0.2) is 5.11 Å². The van der Waals surface area contributed by atoms with Crippen LogP contribution in [0.5, 0.6) is 0 Å². The lowest BCUT2D eigenvalue weighted by molar-refractivity contribution is -0.906. The van der Waals surface area contributed by atoms with Crippen LogP contribution in [0.1, 0.15) is 37.9 Å². The Kier molecular flexibility index (Phi) is 6.73. The number of hydrogen-bond acceptors (Lipinski definition) is 2. The van der Waals surface area contributed by atoms with Crippen molar-refractivity contribution in [3.8, 4) is 0 Å². The molecule has 0 amide bonds. The molecule has 25 heavy (non-hydrogen) atoms. The van der Waals surface area contributed by atoms with Crippen LogP contribution in [0.2, 0.25) is 0 Å². The first kappa shape index (κ1) is 18.7. The van der Waals surface area contributed by atoms with Crippen molar-refractivity contribution in [1.29, 1.82) is 0 Å². The molecular weight excluding hydrogens is 332 g/mol. The minimum atomic E-state index is 0.390. The van der Waals surface area contributed by atoms with Gasteiger partial charge < -0.3 is 24.4 Å². The second-order valence-electron chi connectivity index (χ2n) is 7.57. The summed E-state index contributed by atoms with van der Waals surface area (Å²) in [6, 6.07) is 4.77. The van der Waals surface area contributed by atoms with Gasteiger partial charge in [0.25, 0.3) is 0 Å². The maximum atomic E-state index is 5.81. The summed E-state index contributed by atoms with van der Waals surface area (Å²) in [5.74, 6) is 0.772. The zero-order valence-electron chi connectivity index (χ0n) is 15.7. The van der Waals surface area contributed by atoms with E-state index in [0.29, 0.717) is 6.04 Å². The second-order valence-corrected chi connectivity index (χ2v) is 7.96. The third-order valence-electron chi connectivity index (χ3n) is 5.71. The SMILES string of the molecule is C[C@@H]1CC[C@H](c2cccn2C)N(C(=S)NCC[NH+]2CCOCC2)CC1. The average Bonchev–Trinajstić information content (AvgIpc) is 2.94. The molecule has 1 aromatic heterocycles. The smallest absolute Gasteiger partial charge is 0.169 e. The van der Waals surface area contributed by atoms with E-state index in [1.807, 2.05) is 0 Å². The summed E-state index contributed by atoms with van der Waals surface area (Å²) in [5.41, 5.74) is 1.37. The van der Waals surface area contributed by atoms with Gasteiger partial charge in [0.1, 0.15) is 13.1 Å². The van der Waals surface area contributed by atoms with Crippen molar-refractivity contribution in [2.24, 2.45) is 13.0 Å². The number of ether oxygens (including phenoxy) is 1. The van der Waals surface area contributed by atoms with Gasteiger partial charge in [-0.25, -0.2) is 0 Å². The molecule has 2 saturated heterocycles. The van der Waals surface area contributed by atoms with Crippen LogP contribution in [0, 0.1) is 5.92 Å². The van der Waals surface area contributed by atoms with Gasteiger partial charge in [0.2, 0.25) is 0 Å². The highest BCUT2D eigenvalue weighted by Crippen LogP contribution is 2.32. The summed E-state index contributed by atoms with van der Waals surface area (Å²) < 4.78 is 7.68. The fourth-order valence-corrected chi connectivity index (χ4v) is 4.31. The Morgan fingerprint density at radius 2 is 2.12 bits per heavy atom. The van der Waals surface area contributed by atoms with Gasteiger partial charge in [-0.1, -0.05) is 6.92 Å². The Bertz CT molecular complexity index is 555. The number of morpholine rings is 1. The lowest BCUT2D eigenvalue weighted by Gasteiger charge is -2.33. The van der Waals surface area contributed by atoms with Gasteiger partial charge in [0.05, 0.1) is 32.3 Å². The van der Waals surface area contributed by atoms with E-state index >= 15 is 0 Å². The third kappa shape index (κ3) is 4.96. The maximum Gasteiger partial charge on any atom is 0.169 e. The molecule has 2 fully saturated rings. The predicted octanol–water partition coefficient (Wildman–Crippen LogP) is 0.978. The summed E-state index contributed by atoms with van der Waals surface area (Å²) >= 11 is 5.81. The van der Waals surface area contributed by atoms with Crippen molar-refractivity contribution >= 4 is 17.3 Å². The van der Waals surface area contributed by atoms with E-state index < -0.39 is 0 Å². The number of hydrogen-bond donors (Lipinski definition) is 2. The van der Waals surface area contributed by atoms with Gasteiger partial charge in [-0.05, 0) is 49.5 Å². The number of thiocarbonyl (C=S) groups is 1.